The van der Waals surface area contributed by atoms with Crippen molar-refractivity contribution in [1.82, 2.24) is 13.7 Å². The van der Waals surface area contributed by atoms with Gasteiger partial charge in [-0.15, -0.1) is 0 Å². The number of fused-ring (bicyclic) bond motifs is 1. The van der Waals surface area contributed by atoms with E-state index in [1.165, 1.54) is 25.2 Å². The molecule has 0 saturated carbocycles. The monoisotopic (exact) mass is 505 g/mol. The summed E-state index contributed by atoms with van der Waals surface area (Å²) in [4.78, 5) is 28.7. The zero-order chi connectivity index (χ0) is 25.3. The van der Waals surface area contributed by atoms with Crippen molar-refractivity contribution >= 4 is 28.5 Å². The Kier molecular flexibility index (Phi) is 7.40. The van der Waals surface area contributed by atoms with Crippen molar-refractivity contribution in [3.63, 3.8) is 0 Å². The van der Waals surface area contributed by atoms with Crippen molar-refractivity contribution in [3.05, 3.63) is 61.5 Å². The third kappa shape index (κ3) is 5.17. The SMILES string of the molecule is CCOCCCn1c(=O)n(C)c(=O)c2c1cc(N1CCC[C@@](C)(N)C1)n2Cc1cc(F)ccc1Cl. The maximum absolute atomic E-state index is 14.1. The van der Waals surface area contributed by atoms with Gasteiger partial charge in [0.25, 0.3) is 5.56 Å². The molecule has 0 radical (unpaired) electrons. The van der Waals surface area contributed by atoms with Gasteiger partial charge in [-0.3, -0.25) is 13.9 Å². The van der Waals surface area contributed by atoms with Crippen LogP contribution in [0.2, 0.25) is 5.02 Å². The van der Waals surface area contributed by atoms with Crippen molar-refractivity contribution in [2.24, 2.45) is 12.8 Å². The van der Waals surface area contributed by atoms with Crippen molar-refractivity contribution in [3.8, 4) is 0 Å². The quantitative estimate of drug-likeness (QED) is 0.475. The molecule has 1 atom stereocenters. The van der Waals surface area contributed by atoms with Crippen molar-refractivity contribution in [2.75, 3.05) is 31.2 Å². The zero-order valence-corrected chi connectivity index (χ0v) is 21.3. The van der Waals surface area contributed by atoms with Gasteiger partial charge in [0.15, 0.2) is 0 Å². The van der Waals surface area contributed by atoms with Crippen LogP contribution in [0.25, 0.3) is 11.0 Å². The molecule has 0 aliphatic carbocycles. The summed E-state index contributed by atoms with van der Waals surface area (Å²) in [6, 6.07) is 6.08. The standard InChI is InChI=1S/C25H33ClFN5O3/c1-4-35-12-6-11-31-20-14-21(30-10-5-9-25(2,28)16-30)32(22(20)23(33)29(3)24(31)34)15-17-13-18(27)7-8-19(17)26/h7-8,13-14H,4-6,9-12,15-16,28H2,1-3H3/t25-/m1/s1. The summed E-state index contributed by atoms with van der Waals surface area (Å²) < 4.78 is 24.1. The van der Waals surface area contributed by atoms with E-state index in [2.05, 4.69) is 4.90 Å². The number of aromatic nitrogens is 3. The molecular weight excluding hydrogens is 473 g/mol. The van der Waals surface area contributed by atoms with Gasteiger partial charge in [0.2, 0.25) is 0 Å². The lowest BCUT2D eigenvalue weighted by atomic mass is 9.92. The van der Waals surface area contributed by atoms with E-state index in [0.29, 0.717) is 54.3 Å². The van der Waals surface area contributed by atoms with Gasteiger partial charge in [-0.2, -0.15) is 0 Å². The molecule has 1 fully saturated rings. The number of nitrogens with zero attached hydrogens (tertiary/aromatic N) is 4. The topological polar surface area (TPSA) is 87.4 Å². The van der Waals surface area contributed by atoms with Crippen LogP contribution < -0.4 is 21.9 Å². The molecule has 0 amide bonds. The van der Waals surface area contributed by atoms with E-state index in [9.17, 15) is 14.0 Å². The average molecular weight is 506 g/mol. The highest BCUT2D eigenvalue weighted by molar-refractivity contribution is 6.31. The van der Waals surface area contributed by atoms with E-state index in [0.717, 1.165) is 29.8 Å². The molecular formula is C25H33ClFN5O3. The van der Waals surface area contributed by atoms with Gasteiger partial charge in [-0.05, 0) is 56.9 Å². The van der Waals surface area contributed by atoms with E-state index < -0.39 is 16.9 Å². The summed E-state index contributed by atoms with van der Waals surface area (Å²) in [5.41, 5.74) is 6.79. The number of halogens is 2. The summed E-state index contributed by atoms with van der Waals surface area (Å²) in [6.07, 6.45) is 2.42. The van der Waals surface area contributed by atoms with Crippen molar-refractivity contribution < 1.29 is 9.13 Å². The molecule has 0 spiro atoms. The lowest BCUT2D eigenvalue weighted by Gasteiger charge is -2.39. The molecule has 1 saturated heterocycles. The van der Waals surface area contributed by atoms with E-state index in [-0.39, 0.29) is 12.2 Å². The Morgan fingerprint density at radius 2 is 2.00 bits per heavy atom. The third-order valence-electron chi connectivity index (χ3n) is 6.63. The number of hydrogen-bond acceptors (Lipinski definition) is 5. The van der Waals surface area contributed by atoms with Crippen LogP contribution in [0, 0.1) is 5.82 Å². The summed E-state index contributed by atoms with van der Waals surface area (Å²) in [7, 11) is 1.48. The number of piperidine rings is 1. The Morgan fingerprint density at radius 3 is 2.71 bits per heavy atom. The largest absolute Gasteiger partial charge is 0.382 e. The molecule has 0 bridgehead atoms. The summed E-state index contributed by atoms with van der Waals surface area (Å²) in [5, 5.41) is 0.406. The number of aryl methyl sites for hydroxylation is 1. The maximum Gasteiger partial charge on any atom is 0.331 e. The molecule has 0 unspecified atom stereocenters. The molecule has 8 nitrogen and oxygen atoms in total. The minimum atomic E-state index is -0.407. The van der Waals surface area contributed by atoms with Gasteiger partial charge in [0, 0.05) is 56.5 Å². The summed E-state index contributed by atoms with van der Waals surface area (Å²) in [5.74, 6) is 0.355. The highest BCUT2D eigenvalue weighted by Crippen LogP contribution is 2.31. The first-order valence-corrected chi connectivity index (χ1v) is 12.4. The van der Waals surface area contributed by atoms with E-state index in [1.807, 2.05) is 24.5 Å². The molecule has 190 valence electrons. The minimum Gasteiger partial charge on any atom is -0.382 e. The second-order valence-corrected chi connectivity index (χ2v) is 9.99. The third-order valence-corrected chi connectivity index (χ3v) is 7.00. The van der Waals surface area contributed by atoms with E-state index in [1.54, 1.807) is 4.57 Å². The lowest BCUT2D eigenvalue weighted by molar-refractivity contribution is 0.141. The molecule has 2 N–H and O–H groups in total. The van der Waals surface area contributed by atoms with Gasteiger partial charge >= 0.3 is 5.69 Å². The van der Waals surface area contributed by atoms with Gasteiger partial charge in [-0.1, -0.05) is 11.6 Å². The molecule has 1 aliphatic rings. The molecule has 1 aliphatic heterocycles. The smallest absolute Gasteiger partial charge is 0.331 e. The Balaban J connectivity index is 1.93. The molecule has 3 heterocycles. The Morgan fingerprint density at radius 1 is 1.23 bits per heavy atom. The lowest BCUT2D eigenvalue weighted by Crippen LogP contribution is -2.52. The van der Waals surface area contributed by atoms with Crippen LogP contribution in [0.5, 0.6) is 0 Å². The average Bonchev–Trinajstić information content (AvgIpc) is 3.18. The predicted octanol–water partition coefficient (Wildman–Crippen LogP) is 3.09. The van der Waals surface area contributed by atoms with Crippen molar-refractivity contribution in [2.45, 2.75) is 51.7 Å². The fraction of sp³-hybridized carbons (Fsp3) is 0.520. The number of benzene rings is 1. The number of nitrogens with two attached hydrogens (primary N) is 1. The highest BCUT2D eigenvalue weighted by atomic mass is 35.5. The second kappa shape index (κ2) is 10.2. The van der Waals surface area contributed by atoms with Crippen LogP contribution in [0.15, 0.2) is 33.9 Å². The molecule has 35 heavy (non-hydrogen) atoms. The van der Waals surface area contributed by atoms with Crippen LogP contribution in [0.1, 0.15) is 38.7 Å². The molecule has 3 aromatic rings. The van der Waals surface area contributed by atoms with Gasteiger partial charge in [0.1, 0.15) is 17.2 Å². The summed E-state index contributed by atoms with van der Waals surface area (Å²) in [6.45, 7) is 6.98. The van der Waals surface area contributed by atoms with E-state index in [4.69, 9.17) is 22.1 Å². The van der Waals surface area contributed by atoms with E-state index >= 15 is 0 Å². The molecule has 4 rings (SSSR count). The van der Waals surface area contributed by atoms with Crippen LogP contribution in [-0.4, -0.2) is 45.5 Å². The van der Waals surface area contributed by atoms with Crippen LogP contribution in [0.4, 0.5) is 10.2 Å². The zero-order valence-electron chi connectivity index (χ0n) is 20.5. The Hall–Kier alpha value is -2.62. The maximum atomic E-state index is 14.1. The highest BCUT2D eigenvalue weighted by Gasteiger charge is 2.30. The molecule has 2 aromatic heterocycles. The number of rotatable bonds is 8. The number of ether oxygens (including phenoxy) is 1. The summed E-state index contributed by atoms with van der Waals surface area (Å²) >= 11 is 6.41. The minimum absolute atomic E-state index is 0.180. The first-order chi connectivity index (χ1) is 16.6. The van der Waals surface area contributed by atoms with Crippen LogP contribution >= 0.6 is 11.6 Å². The molecule has 1 aromatic carbocycles. The fourth-order valence-electron chi connectivity index (χ4n) is 4.89. The van der Waals surface area contributed by atoms with Gasteiger partial charge in [-0.25, -0.2) is 9.18 Å². The second-order valence-electron chi connectivity index (χ2n) is 9.59. The van der Waals surface area contributed by atoms with Crippen molar-refractivity contribution in [1.29, 1.82) is 0 Å². The Bertz CT molecular complexity index is 1340. The number of hydrogen-bond donors (Lipinski definition) is 1. The first-order valence-electron chi connectivity index (χ1n) is 12.0. The van der Waals surface area contributed by atoms with Gasteiger partial charge in [0.05, 0.1) is 12.1 Å². The van der Waals surface area contributed by atoms with Crippen LogP contribution in [0.3, 0.4) is 0 Å². The fourth-order valence-corrected chi connectivity index (χ4v) is 5.06. The first kappa shape index (κ1) is 25.5. The van der Waals surface area contributed by atoms with Crippen LogP contribution in [-0.2, 0) is 24.9 Å². The normalized spacial score (nSPS) is 18.5. The predicted molar refractivity (Wildman–Crippen MR) is 137 cm³/mol. The van der Waals surface area contributed by atoms with Gasteiger partial charge < -0.3 is 19.9 Å². The Labute approximate surface area is 208 Å². The molecule has 10 heteroatoms. The number of anilines is 1.